The zero-order valence-corrected chi connectivity index (χ0v) is 17.1. The monoisotopic (exact) mass is 452 g/mol. The molecule has 2 N–H and O–H groups in total. The fourth-order valence-electron chi connectivity index (χ4n) is 4.50. The topological polar surface area (TPSA) is 73.9 Å². The van der Waals surface area contributed by atoms with Crippen LogP contribution in [-0.2, 0) is 19.4 Å². The molecular formula is C22H18BrFN4O. The van der Waals surface area contributed by atoms with Crippen LogP contribution in [0.1, 0.15) is 34.0 Å². The quantitative estimate of drug-likeness (QED) is 0.624. The molecule has 0 spiro atoms. The van der Waals surface area contributed by atoms with Crippen molar-refractivity contribution in [3.8, 4) is 17.3 Å². The number of aromatic nitrogens is 2. The van der Waals surface area contributed by atoms with Gasteiger partial charge in [-0.25, -0.2) is 4.39 Å². The van der Waals surface area contributed by atoms with Gasteiger partial charge >= 0.3 is 0 Å². The summed E-state index contributed by atoms with van der Waals surface area (Å²) in [5.41, 5.74) is 6.07. The summed E-state index contributed by atoms with van der Waals surface area (Å²) in [5.74, 6) is -0.334. The first-order valence-corrected chi connectivity index (χ1v) is 10.3. The van der Waals surface area contributed by atoms with Crippen LogP contribution >= 0.6 is 15.9 Å². The molecular weight excluding hydrogens is 435 g/mol. The Balaban J connectivity index is 1.70. The Bertz CT molecular complexity index is 1170. The molecule has 2 aromatic carbocycles. The summed E-state index contributed by atoms with van der Waals surface area (Å²) in [6, 6.07) is 12.1. The van der Waals surface area contributed by atoms with Gasteiger partial charge in [0.05, 0.1) is 23.4 Å². The minimum absolute atomic E-state index is 0.334. The third-order valence-electron chi connectivity index (χ3n) is 5.78. The lowest BCUT2D eigenvalue weighted by atomic mass is 10.00. The SMILES string of the molecule is N#Cc1cccc(-c2nn(C3c4cc(F)cc(Br)c4CC3O)c3c2CNCC3)c1. The van der Waals surface area contributed by atoms with E-state index in [0.717, 1.165) is 46.6 Å². The first kappa shape index (κ1) is 18.5. The number of halogens is 2. The van der Waals surface area contributed by atoms with E-state index < -0.39 is 12.1 Å². The van der Waals surface area contributed by atoms with Crippen LogP contribution in [-0.4, -0.2) is 27.5 Å². The fraction of sp³-hybridized carbons (Fsp3) is 0.273. The van der Waals surface area contributed by atoms with Gasteiger partial charge in [-0.3, -0.25) is 4.68 Å². The summed E-state index contributed by atoms with van der Waals surface area (Å²) in [6.07, 6.45) is 0.544. The van der Waals surface area contributed by atoms with Crippen LogP contribution in [0, 0.1) is 17.1 Å². The Morgan fingerprint density at radius 2 is 2.14 bits per heavy atom. The summed E-state index contributed by atoms with van der Waals surface area (Å²) in [5, 5.41) is 28.4. The summed E-state index contributed by atoms with van der Waals surface area (Å²) in [4.78, 5) is 0. The summed E-state index contributed by atoms with van der Waals surface area (Å²) >= 11 is 3.44. The molecule has 5 nitrogen and oxygen atoms in total. The first-order chi connectivity index (χ1) is 14.1. The molecule has 2 atom stereocenters. The number of benzene rings is 2. The van der Waals surface area contributed by atoms with Gasteiger partial charge in [0.1, 0.15) is 11.9 Å². The lowest BCUT2D eigenvalue weighted by molar-refractivity contribution is 0.137. The zero-order valence-electron chi connectivity index (χ0n) is 15.5. The second kappa shape index (κ2) is 7.06. The summed E-state index contributed by atoms with van der Waals surface area (Å²) < 4.78 is 16.7. The lowest BCUT2D eigenvalue weighted by Gasteiger charge is -2.22. The maximum absolute atomic E-state index is 14.1. The van der Waals surface area contributed by atoms with E-state index in [-0.39, 0.29) is 5.82 Å². The molecule has 0 radical (unpaired) electrons. The highest BCUT2D eigenvalue weighted by Gasteiger charge is 2.37. The lowest BCUT2D eigenvalue weighted by Crippen LogP contribution is -2.29. The van der Waals surface area contributed by atoms with Crippen molar-refractivity contribution in [3.63, 3.8) is 0 Å². The van der Waals surface area contributed by atoms with Crippen molar-refractivity contribution in [1.29, 1.82) is 5.26 Å². The van der Waals surface area contributed by atoms with Crippen LogP contribution in [0.4, 0.5) is 4.39 Å². The number of hydrogen-bond donors (Lipinski definition) is 2. The normalized spacial score (nSPS) is 20.2. The first-order valence-electron chi connectivity index (χ1n) is 9.54. The largest absolute Gasteiger partial charge is 0.390 e. The van der Waals surface area contributed by atoms with Crippen LogP contribution in [0.15, 0.2) is 40.9 Å². The highest BCUT2D eigenvalue weighted by Crippen LogP contribution is 2.41. The molecule has 0 saturated heterocycles. The van der Waals surface area contributed by atoms with Crippen molar-refractivity contribution in [3.05, 3.63) is 74.6 Å². The van der Waals surface area contributed by atoms with Gasteiger partial charge in [0.15, 0.2) is 0 Å². The number of nitrogens with one attached hydrogen (secondary N) is 1. The predicted molar refractivity (Wildman–Crippen MR) is 110 cm³/mol. The van der Waals surface area contributed by atoms with Gasteiger partial charge in [0.2, 0.25) is 0 Å². The van der Waals surface area contributed by atoms with Gasteiger partial charge in [-0.2, -0.15) is 10.4 Å². The average Bonchev–Trinajstić information content (AvgIpc) is 3.25. The van der Waals surface area contributed by atoms with E-state index >= 15 is 0 Å². The van der Waals surface area contributed by atoms with E-state index in [0.29, 0.717) is 23.0 Å². The molecule has 3 aromatic rings. The number of fused-ring (bicyclic) bond motifs is 2. The number of hydrogen-bond acceptors (Lipinski definition) is 4. The average molecular weight is 453 g/mol. The predicted octanol–water partition coefficient (Wildman–Crippen LogP) is 3.48. The van der Waals surface area contributed by atoms with Gasteiger partial charge in [-0.15, -0.1) is 0 Å². The second-order valence-corrected chi connectivity index (χ2v) is 8.36. The molecule has 146 valence electrons. The number of nitrogens with zero attached hydrogens (tertiary/aromatic N) is 3. The standard InChI is InChI=1S/C22H18BrFN4O/c23-18-8-14(24)7-16-15(18)9-20(29)22(16)28-19-4-5-26-11-17(19)21(27-28)13-3-1-2-12(6-13)10-25/h1-3,6-8,20,22,26,29H,4-5,9,11H2. The van der Waals surface area contributed by atoms with Gasteiger partial charge < -0.3 is 10.4 Å². The second-order valence-electron chi connectivity index (χ2n) is 7.51. The fourth-order valence-corrected chi connectivity index (χ4v) is 5.11. The molecule has 1 aliphatic carbocycles. The Labute approximate surface area is 175 Å². The van der Waals surface area contributed by atoms with Gasteiger partial charge in [-0.05, 0) is 35.4 Å². The van der Waals surface area contributed by atoms with E-state index in [1.807, 2.05) is 22.9 Å². The Hall–Kier alpha value is -2.53. The van der Waals surface area contributed by atoms with E-state index in [1.54, 1.807) is 6.07 Å². The summed E-state index contributed by atoms with van der Waals surface area (Å²) in [6.45, 7) is 1.49. The van der Waals surface area contributed by atoms with Crippen molar-refractivity contribution in [2.24, 2.45) is 0 Å². The molecule has 29 heavy (non-hydrogen) atoms. The van der Waals surface area contributed by atoms with Crippen LogP contribution in [0.2, 0.25) is 0 Å². The molecule has 1 aliphatic heterocycles. The van der Waals surface area contributed by atoms with E-state index in [1.165, 1.54) is 12.1 Å². The smallest absolute Gasteiger partial charge is 0.124 e. The zero-order chi connectivity index (χ0) is 20.1. The Morgan fingerprint density at radius 1 is 1.28 bits per heavy atom. The van der Waals surface area contributed by atoms with Crippen LogP contribution < -0.4 is 5.32 Å². The third kappa shape index (κ3) is 2.99. The number of aliphatic hydroxyl groups is 1. The Morgan fingerprint density at radius 3 is 2.97 bits per heavy atom. The van der Waals surface area contributed by atoms with Gasteiger partial charge in [-0.1, -0.05) is 28.1 Å². The molecule has 7 heteroatoms. The van der Waals surface area contributed by atoms with Crippen molar-refractivity contribution in [2.45, 2.75) is 31.5 Å². The third-order valence-corrected chi connectivity index (χ3v) is 6.49. The van der Waals surface area contributed by atoms with Crippen molar-refractivity contribution >= 4 is 15.9 Å². The van der Waals surface area contributed by atoms with Gasteiger partial charge in [0.25, 0.3) is 0 Å². The minimum atomic E-state index is -0.680. The van der Waals surface area contributed by atoms with E-state index in [2.05, 4.69) is 27.3 Å². The molecule has 1 aromatic heterocycles. The highest BCUT2D eigenvalue weighted by atomic mass is 79.9. The maximum atomic E-state index is 14.1. The minimum Gasteiger partial charge on any atom is -0.390 e. The maximum Gasteiger partial charge on any atom is 0.124 e. The summed E-state index contributed by atoms with van der Waals surface area (Å²) in [7, 11) is 0. The molecule has 2 heterocycles. The number of aliphatic hydroxyl groups excluding tert-OH is 1. The highest BCUT2D eigenvalue weighted by molar-refractivity contribution is 9.10. The Kier molecular flexibility index (Phi) is 4.50. The van der Waals surface area contributed by atoms with Crippen molar-refractivity contribution < 1.29 is 9.50 Å². The molecule has 5 rings (SSSR count). The molecule has 0 amide bonds. The van der Waals surface area contributed by atoms with Crippen molar-refractivity contribution in [1.82, 2.24) is 15.1 Å². The number of nitriles is 1. The molecule has 0 bridgehead atoms. The molecule has 0 saturated carbocycles. The van der Waals surface area contributed by atoms with Gasteiger partial charge in [0, 0.05) is 47.2 Å². The molecule has 0 fully saturated rings. The van der Waals surface area contributed by atoms with E-state index in [9.17, 15) is 14.8 Å². The van der Waals surface area contributed by atoms with Crippen molar-refractivity contribution in [2.75, 3.05) is 6.54 Å². The van der Waals surface area contributed by atoms with Crippen LogP contribution in [0.3, 0.4) is 0 Å². The molecule has 2 unspecified atom stereocenters. The van der Waals surface area contributed by atoms with E-state index in [4.69, 9.17) is 5.10 Å². The van der Waals surface area contributed by atoms with Crippen LogP contribution in [0.25, 0.3) is 11.3 Å². The number of rotatable bonds is 2. The van der Waals surface area contributed by atoms with Crippen LogP contribution in [0.5, 0.6) is 0 Å². The molecule has 2 aliphatic rings.